The molecule has 1 fully saturated rings. The van der Waals surface area contributed by atoms with Crippen molar-refractivity contribution in [3.8, 4) is 5.75 Å². The van der Waals surface area contributed by atoms with Gasteiger partial charge in [-0.05, 0) is 35.7 Å². The van der Waals surface area contributed by atoms with Crippen LogP contribution in [0.3, 0.4) is 0 Å². The Labute approximate surface area is 166 Å². The van der Waals surface area contributed by atoms with E-state index in [1.54, 1.807) is 28.2 Å². The standard InChI is InChI=1S/C20H21N3O2S2/c24-20(23-9-7-22(8-10-23)12-19-2-1-11-27-19)16-3-5-18(6-4-16)25-13-17-14-26-15-21-17/h1-6,11,14-15H,7-10,12-13H2. The molecule has 1 aliphatic rings. The molecule has 0 aliphatic carbocycles. The number of amides is 1. The van der Waals surface area contributed by atoms with Gasteiger partial charge in [0, 0.05) is 48.5 Å². The molecule has 2 aromatic heterocycles. The van der Waals surface area contributed by atoms with Gasteiger partial charge >= 0.3 is 0 Å². The van der Waals surface area contributed by atoms with Gasteiger partial charge in [0.15, 0.2) is 0 Å². The molecule has 0 bridgehead atoms. The van der Waals surface area contributed by atoms with Crippen molar-refractivity contribution in [1.29, 1.82) is 0 Å². The molecule has 0 radical (unpaired) electrons. The minimum atomic E-state index is 0.0943. The van der Waals surface area contributed by atoms with Crippen LogP contribution < -0.4 is 4.74 Å². The molecule has 5 nitrogen and oxygen atoms in total. The number of carbonyl (C=O) groups excluding carboxylic acids is 1. The largest absolute Gasteiger partial charge is 0.487 e. The second-order valence-electron chi connectivity index (χ2n) is 6.44. The van der Waals surface area contributed by atoms with Crippen LogP contribution in [-0.2, 0) is 13.2 Å². The van der Waals surface area contributed by atoms with Crippen molar-refractivity contribution in [2.75, 3.05) is 26.2 Å². The Morgan fingerprint density at radius 2 is 1.93 bits per heavy atom. The first-order valence-corrected chi connectivity index (χ1v) is 10.7. The third kappa shape index (κ3) is 4.74. The smallest absolute Gasteiger partial charge is 0.253 e. The number of rotatable bonds is 6. The second-order valence-corrected chi connectivity index (χ2v) is 8.19. The Kier molecular flexibility index (Phi) is 5.81. The number of nitrogens with zero attached hydrogens (tertiary/aromatic N) is 3. The van der Waals surface area contributed by atoms with Gasteiger partial charge in [0.1, 0.15) is 12.4 Å². The molecular weight excluding hydrogens is 378 g/mol. The number of hydrogen-bond acceptors (Lipinski definition) is 6. The molecular formula is C20H21N3O2S2. The first-order chi connectivity index (χ1) is 13.3. The molecule has 4 rings (SSSR count). The van der Waals surface area contributed by atoms with Crippen molar-refractivity contribution in [2.24, 2.45) is 0 Å². The summed E-state index contributed by atoms with van der Waals surface area (Å²) in [6.07, 6.45) is 0. The molecule has 1 aliphatic heterocycles. The van der Waals surface area contributed by atoms with Gasteiger partial charge in [-0.2, -0.15) is 0 Å². The molecule has 3 aromatic rings. The Bertz CT molecular complexity index is 840. The van der Waals surface area contributed by atoms with Crippen molar-refractivity contribution in [3.05, 3.63) is 68.8 Å². The monoisotopic (exact) mass is 399 g/mol. The molecule has 7 heteroatoms. The molecule has 0 N–H and O–H groups in total. The lowest BCUT2D eigenvalue weighted by atomic mass is 10.1. The summed E-state index contributed by atoms with van der Waals surface area (Å²) in [5, 5.41) is 4.08. The van der Waals surface area contributed by atoms with Gasteiger partial charge in [0.05, 0.1) is 11.2 Å². The molecule has 140 valence electrons. The first-order valence-electron chi connectivity index (χ1n) is 8.92. The van der Waals surface area contributed by atoms with E-state index in [9.17, 15) is 4.79 Å². The summed E-state index contributed by atoms with van der Waals surface area (Å²) in [6, 6.07) is 11.6. The lowest BCUT2D eigenvalue weighted by molar-refractivity contribution is 0.0629. The predicted octanol–water partition coefficient (Wildman–Crippen LogP) is 3.74. The van der Waals surface area contributed by atoms with Crippen LogP contribution in [-0.4, -0.2) is 46.9 Å². The maximum atomic E-state index is 12.7. The predicted molar refractivity (Wildman–Crippen MR) is 108 cm³/mol. The van der Waals surface area contributed by atoms with E-state index in [-0.39, 0.29) is 5.91 Å². The molecule has 1 saturated heterocycles. The number of thiazole rings is 1. The number of hydrogen-bond donors (Lipinski definition) is 0. The lowest BCUT2D eigenvalue weighted by Crippen LogP contribution is -2.48. The minimum absolute atomic E-state index is 0.0943. The molecule has 1 aromatic carbocycles. The highest BCUT2D eigenvalue weighted by Gasteiger charge is 2.22. The summed E-state index contributed by atoms with van der Waals surface area (Å²) in [7, 11) is 0. The summed E-state index contributed by atoms with van der Waals surface area (Å²) >= 11 is 3.34. The van der Waals surface area contributed by atoms with Gasteiger partial charge in [-0.15, -0.1) is 22.7 Å². The average Bonchev–Trinajstić information content (AvgIpc) is 3.41. The number of carbonyl (C=O) groups is 1. The fourth-order valence-corrected chi connectivity index (χ4v) is 4.36. The van der Waals surface area contributed by atoms with E-state index in [2.05, 4.69) is 27.4 Å². The van der Waals surface area contributed by atoms with Crippen molar-refractivity contribution in [2.45, 2.75) is 13.2 Å². The van der Waals surface area contributed by atoms with Gasteiger partial charge < -0.3 is 9.64 Å². The molecule has 0 unspecified atom stereocenters. The molecule has 0 saturated carbocycles. The first kappa shape index (κ1) is 18.2. The molecule has 1 amide bonds. The number of piperazine rings is 1. The van der Waals surface area contributed by atoms with E-state index in [1.165, 1.54) is 4.88 Å². The molecule has 27 heavy (non-hydrogen) atoms. The van der Waals surface area contributed by atoms with Crippen molar-refractivity contribution < 1.29 is 9.53 Å². The highest BCUT2D eigenvalue weighted by atomic mass is 32.1. The lowest BCUT2D eigenvalue weighted by Gasteiger charge is -2.34. The zero-order valence-corrected chi connectivity index (χ0v) is 16.5. The van der Waals surface area contributed by atoms with Gasteiger partial charge in [-0.1, -0.05) is 6.07 Å². The zero-order chi connectivity index (χ0) is 18.5. The summed E-state index contributed by atoms with van der Waals surface area (Å²) in [5.41, 5.74) is 3.42. The van der Waals surface area contributed by atoms with Crippen LogP contribution in [0.25, 0.3) is 0 Å². The Morgan fingerprint density at radius 1 is 1.11 bits per heavy atom. The number of thiophene rings is 1. The molecule has 3 heterocycles. The van der Waals surface area contributed by atoms with Crippen LogP contribution in [0, 0.1) is 0 Å². The van der Waals surface area contributed by atoms with Crippen LogP contribution in [0.15, 0.2) is 52.7 Å². The summed E-state index contributed by atoms with van der Waals surface area (Å²) in [4.78, 5) is 22.7. The van der Waals surface area contributed by atoms with Gasteiger partial charge in [-0.25, -0.2) is 4.98 Å². The van der Waals surface area contributed by atoms with Crippen LogP contribution in [0.2, 0.25) is 0 Å². The Balaban J connectivity index is 1.28. The normalized spacial score (nSPS) is 15.0. The quantitative estimate of drug-likeness (QED) is 0.633. The van der Waals surface area contributed by atoms with Crippen molar-refractivity contribution in [3.63, 3.8) is 0 Å². The van der Waals surface area contributed by atoms with E-state index < -0.39 is 0 Å². The molecule has 0 spiro atoms. The number of ether oxygens (including phenoxy) is 1. The third-order valence-electron chi connectivity index (χ3n) is 4.59. The maximum Gasteiger partial charge on any atom is 0.253 e. The summed E-state index contributed by atoms with van der Waals surface area (Å²) < 4.78 is 5.71. The Hall–Kier alpha value is -2.22. The fraction of sp³-hybridized carbons (Fsp3) is 0.300. The van der Waals surface area contributed by atoms with Crippen LogP contribution in [0.5, 0.6) is 5.75 Å². The van der Waals surface area contributed by atoms with Gasteiger partial charge in [-0.3, -0.25) is 9.69 Å². The maximum absolute atomic E-state index is 12.7. The SMILES string of the molecule is O=C(c1ccc(OCc2cscn2)cc1)N1CCN(Cc2cccs2)CC1. The van der Waals surface area contributed by atoms with Crippen molar-refractivity contribution in [1.82, 2.24) is 14.8 Å². The van der Waals surface area contributed by atoms with Crippen LogP contribution in [0.4, 0.5) is 0 Å². The van der Waals surface area contributed by atoms with E-state index in [4.69, 9.17) is 4.74 Å². The Morgan fingerprint density at radius 3 is 2.59 bits per heavy atom. The molecule has 0 atom stereocenters. The van der Waals surface area contributed by atoms with Crippen molar-refractivity contribution >= 4 is 28.6 Å². The number of benzene rings is 1. The summed E-state index contributed by atoms with van der Waals surface area (Å²) in [6.45, 7) is 4.79. The van der Waals surface area contributed by atoms with Crippen LogP contribution >= 0.6 is 22.7 Å². The average molecular weight is 400 g/mol. The van der Waals surface area contributed by atoms with Gasteiger partial charge in [0.25, 0.3) is 5.91 Å². The zero-order valence-electron chi connectivity index (χ0n) is 14.9. The fourth-order valence-electron chi connectivity index (χ4n) is 3.07. The second kappa shape index (κ2) is 8.65. The van der Waals surface area contributed by atoms with Gasteiger partial charge in [0.2, 0.25) is 0 Å². The minimum Gasteiger partial charge on any atom is -0.487 e. The topological polar surface area (TPSA) is 45.7 Å². The highest BCUT2D eigenvalue weighted by Crippen LogP contribution is 2.18. The number of aromatic nitrogens is 1. The summed E-state index contributed by atoms with van der Waals surface area (Å²) in [5.74, 6) is 0.845. The van der Waals surface area contributed by atoms with E-state index in [0.29, 0.717) is 12.2 Å². The highest BCUT2D eigenvalue weighted by molar-refractivity contribution is 7.09. The third-order valence-corrected chi connectivity index (χ3v) is 6.09. The van der Waals surface area contributed by atoms with Crippen LogP contribution in [0.1, 0.15) is 20.9 Å². The van der Waals surface area contributed by atoms with E-state index >= 15 is 0 Å². The van der Waals surface area contributed by atoms with E-state index in [0.717, 1.165) is 44.2 Å². The van der Waals surface area contributed by atoms with E-state index in [1.807, 2.05) is 34.5 Å².